The number of nitrogens with zero attached hydrogens (tertiary/aromatic N) is 2. The van der Waals surface area contributed by atoms with E-state index >= 15 is 0 Å². The van der Waals surface area contributed by atoms with Crippen molar-refractivity contribution in [2.75, 3.05) is 18.6 Å². The summed E-state index contributed by atoms with van der Waals surface area (Å²) in [5.41, 5.74) is 2.88. The maximum Gasteiger partial charge on any atom is 0.343 e. The van der Waals surface area contributed by atoms with E-state index < -0.39 is 10.9 Å². The number of carbonyl (C=O) groups excluding carboxylic acids is 1. The van der Waals surface area contributed by atoms with E-state index in [0.29, 0.717) is 5.75 Å². The van der Waals surface area contributed by atoms with Crippen LogP contribution in [-0.4, -0.2) is 30.1 Å². The molecule has 9 heteroatoms. The number of nitro benzene ring substituents is 1. The van der Waals surface area contributed by atoms with Crippen LogP contribution < -0.4 is 15.0 Å². The standard InChI is InChI=1S/C18H15N3O5S.2C2H6/c1-25-17(22)10-26-13-6-7-15-16(8-13)27-18-19-14(9-20(15)18)11-2-4-12(5-3-11)21(23)24;2*1-2/h2-9,18-19H,10H2,1H3;2*1-2H3. The summed E-state index contributed by atoms with van der Waals surface area (Å²) < 4.78 is 10.00. The van der Waals surface area contributed by atoms with Crippen LogP contribution >= 0.6 is 11.8 Å². The first kappa shape index (κ1) is 24.1. The van der Waals surface area contributed by atoms with Gasteiger partial charge < -0.3 is 19.7 Å². The minimum atomic E-state index is -0.430. The van der Waals surface area contributed by atoms with Crippen LogP contribution in [0.15, 0.2) is 53.6 Å². The average Bonchev–Trinajstić information content (AvgIpc) is 3.38. The minimum Gasteiger partial charge on any atom is -0.482 e. The molecule has 1 N–H and O–H groups in total. The van der Waals surface area contributed by atoms with Gasteiger partial charge in [0.2, 0.25) is 0 Å². The zero-order valence-corrected chi connectivity index (χ0v) is 19.1. The van der Waals surface area contributed by atoms with Crippen molar-refractivity contribution in [2.45, 2.75) is 38.1 Å². The molecule has 0 amide bonds. The lowest BCUT2D eigenvalue weighted by Crippen LogP contribution is -2.28. The van der Waals surface area contributed by atoms with E-state index in [0.717, 1.165) is 21.8 Å². The molecule has 0 saturated heterocycles. The van der Waals surface area contributed by atoms with Gasteiger partial charge in [-0.1, -0.05) is 39.5 Å². The number of hydrogen-bond acceptors (Lipinski definition) is 8. The number of carbonyl (C=O) groups is 1. The van der Waals surface area contributed by atoms with Gasteiger partial charge in [0, 0.05) is 23.2 Å². The van der Waals surface area contributed by atoms with Crippen molar-refractivity contribution in [2.24, 2.45) is 0 Å². The molecule has 2 heterocycles. The zero-order valence-electron chi connectivity index (χ0n) is 18.2. The average molecular weight is 446 g/mol. The Morgan fingerprint density at radius 3 is 2.45 bits per heavy atom. The summed E-state index contributed by atoms with van der Waals surface area (Å²) in [5, 5.41) is 14.2. The summed E-state index contributed by atoms with van der Waals surface area (Å²) >= 11 is 1.63. The molecule has 0 aromatic heterocycles. The van der Waals surface area contributed by atoms with E-state index in [4.69, 9.17) is 4.74 Å². The van der Waals surface area contributed by atoms with Crippen molar-refractivity contribution in [3.63, 3.8) is 0 Å². The summed E-state index contributed by atoms with van der Waals surface area (Å²) in [5.74, 6) is 0.175. The Hall–Kier alpha value is -3.20. The fourth-order valence-corrected chi connectivity index (χ4v) is 4.06. The van der Waals surface area contributed by atoms with Crippen molar-refractivity contribution in [1.29, 1.82) is 0 Å². The van der Waals surface area contributed by atoms with Gasteiger partial charge in [-0.05, 0) is 35.9 Å². The lowest BCUT2D eigenvalue weighted by Gasteiger charge is -2.15. The third kappa shape index (κ3) is 5.49. The number of nitro groups is 1. The summed E-state index contributed by atoms with van der Waals surface area (Å²) in [6.45, 7) is 7.87. The molecular weight excluding hydrogens is 418 g/mol. The second kappa shape index (κ2) is 11.3. The Bertz CT molecular complexity index is 947. The Balaban J connectivity index is 0.000000807. The number of ether oxygens (including phenoxy) is 2. The molecule has 31 heavy (non-hydrogen) atoms. The first-order chi connectivity index (χ1) is 15.0. The van der Waals surface area contributed by atoms with E-state index in [1.165, 1.54) is 19.2 Å². The Morgan fingerprint density at radius 1 is 1.16 bits per heavy atom. The number of nitrogens with one attached hydrogen (secondary N) is 1. The fourth-order valence-electron chi connectivity index (χ4n) is 2.86. The zero-order chi connectivity index (χ0) is 23.0. The lowest BCUT2D eigenvalue weighted by molar-refractivity contribution is -0.384. The lowest BCUT2D eigenvalue weighted by atomic mass is 10.1. The largest absolute Gasteiger partial charge is 0.482 e. The first-order valence-electron chi connectivity index (χ1n) is 10.1. The van der Waals surface area contributed by atoms with Crippen LogP contribution in [0.25, 0.3) is 5.70 Å². The Morgan fingerprint density at radius 2 is 1.84 bits per heavy atom. The highest BCUT2D eigenvalue weighted by molar-refractivity contribution is 8.00. The molecule has 0 bridgehead atoms. The van der Waals surface area contributed by atoms with Gasteiger partial charge in [-0.15, -0.1) is 0 Å². The molecule has 0 fully saturated rings. The molecule has 166 valence electrons. The number of anilines is 1. The maximum atomic E-state index is 11.2. The van der Waals surface area contributed by atoms with E-state index in [2.05, 4.69) is 15.0 Å². The third-order valence-electron chi connectivity index (χ3n) is 4.22. The van der Waals surface area contributed by atoms with Gasteiger partial charge in [0.1, 0.15) is 5.75 Å². The number of rotatable bonds is 5. The number of esters is 1. The summed E-state index contributed by atoms with van der Waals surface area (Å²) in [6, 6.07) is 12.1. The maximum absolute atomic E-state index is 11.2. The van der Waals surface area contributed by atoms with Gasteiger partial charge in [-0.25, -0.2) is 4.79 Å². The molecule has 2 aliphatic rings. The van der Waals surface area contributed by atoms with Gasteiger partial charge in [-0.3, -0.25) is 10.1 Å². The molecule has 4 rings (SSSR count). The highest BCUT2D eigenvalue weighted by Gasteiger charge is 2.34. The number of thioether (sulfide) groups is 1. The number of non-ortho nitro benzene ring substituents is 1. The Labute approximate surface area is 186 Å². The van der Waals surface area contributed by atoms with Crippen molar-refractivity contribution >= 4 is 34.8 Å². The van der Waals surface area contributed by atoms with Crippen LogP contribution in [0.1, 0.15) is 33.3 Å². The number of benzene rings is 2. The second-order valence-electron chi connectivity index (χ2n) is 5.86. The molecule has 0 radical (unpaired) electrons. The highest BCUT2D eigenvalue weighted by Crippen LogP contribution is 2.47. The van der Waals surface area contributed by atoms with Gasteiger partial charge in [0.15, 0.2) is 12.1 Å². The van der Waals surface area contributed by atoms with E-state index in [1.54, 1.807) is 23.9 Å². The van der Waals surface area contributed by atoms with Crippen LogP contribution in [0, 0.1) is 10.1 Å². The molecule has 0 saturated carbocycles. The molecule has 0 spiro atoms. The van der Waals surface area contributed by atoms with Crippen LogP contribution in [0.5, 0.6) is 5.75 Å². The van der Waals surface area contributed by atoms with Gasteiger partial charge >= 0.3 is 5.97 Å². The SMILES string of the molecule is CC.CC.COC(=O)COc1ccc2c(c1)SC1NC(c3ccc([N+](=O)[O-])cc3)=CN21. The fraction of sp³-hybridized carbons (Fsp3) is 0.318. The summed E-state index contributed by atoms with van der Waals surface area (Å²) in [4.78, 5) is 24.7. The monoisotopic (exact) mass is 445 g/mol. The molecule has 1 unspecified atom stereocenters. The molecule has 2 aromatic rings. The predicted octanol–water partition coefficient (Wildman–Crippen LogP) is 5.00. The summed E-state index contributed by atoms with van der Waals surface area (Å²) in [7, 11) is 1.32. The normalized spacial score (nSPS) is 15.1. The van der Waals surface area contributed by atoms with Gasteiger partial charge in [0.25, 0.3) is 5.69 Å². The molecule has 2 aromatic carbocycles. The van der Waals surface area contributed by atoms with E-state index in [9.17, 15) is 14.9 Å². The highest BCUT2D eigenvalue weighted by atomic mass is 32.2. The van der Waals surface area contributed by atoms with Crippen molar-refractivity contribution in [3.05, 3.63) is 64.3 Å². The third-order valence-corrected chi connectivity index (χ3v) is 5.37. The molecule has 1 atom stereocenters. The van der Waals surface area contributed by atoms with Crippen LogP contribution in [0.2, 0.25) is 0 Å². The smallest absolute Gasteiger partial charge is 0.343 e. The molecule has 0 aliphatic carbocycles. The first-order valence-corrected chi connectivity index (χ1v) is 10.9. The van der Waals surface area contributed by atoms with E-state index in [1.807, 2.05) is 52.1 Å². The number of fused-ring (bicyclic) bond motifs is 3. The van der Waals surface area contributed by atoms with Crippen molar-refractivity contribution in [3.8, 4) is 5.75 Å². The van der Waals surface area contributed by atoms with Crippen LogP contribution in [-0.2, 0) is 9.53 Å². The van der Waals surface area contributed by atoms with E-state index in [-0.39, 0.29) is 17.8 Å². The second-order valence-corrected chi connectivity index (χ2v) is 6.98. The molecule has 8 nitrogen and oxygen atoms in total. The molecule has 2 aliphatic heterocycles. The van der Waals surface area contributed by atoms with Crippen LogP contribution in [0.4, 0.5) is 11.4 Å². The minimum absolute atomic E-state index is 0.000971. The van der Waals surface area contributed by atoms with Crippen molar-refractivity contribution in [1.82, 2.24) is 5.32 Å². The van der Waals surface area contributed by atoms with Crippen LogP contribution in [0.3, 0.4) is 0 Å². The number of methoxy groups -OCH3 is 1. The van der Waals surface area contributed by atoms with Crippen molar-refractivity contribution < 1.29 is 19.2 Å². The molecular formula is C22H27N3O5S. The van der Waals surface area contributed by atoms with Gasteiger partial charge in [-0.2, -0.15) is 0 Å². The number of hydrogen-bond donors (Lipinski definition) is 1. The predicted molar refractivity (Wildman–Crippen MR) is 123 cm³/mol. The topological polar surface area (TPSA) is 93.9 Å². The quantitative estimate of drug-likeness (QED) is 0.390. The Kier molecular flexibility index (Phi) is 8.75. The van der Waals surface area contributed by atoms with Gasteiger partial charge in [0.05, 0.1) is 23.4 Å². The summed E-state index contributed by atoms with van der Waals surface area (Å²) in [6.07, 6.45) is 1.99.